The van der Waals surface area contributed by atoms with Crippen molar-refractivity contribution in [1.29, 1.82) is 0 Å². The van der Waals surface area contributed by atoms with E-state index >= 15 is 0 Å². The Morgan fingerprint density at radius 3 is 1.70 bits per heavy atom. The Morgan fingerprint density at radius 1 is 0.744 bits per heavy atom. The van der Waals surface area contributed by atoms with Crippen molar-refractivity contribution in [3.8, 4) is 0 Å². The molecule has 0 spiro atoms. The molecule has 0 aromatic heterocycles. The Hall–Kier alpha value is -4.52. The molecule has 0 saturated heterocycles. The molecule has 2 heteroatoms. The molecule has 0 amide bonds. The molecule has 0 aliphatic heterocycles. The van der Waals surface area contributed by atoms with E-state index in [4.69, 9.17) is 0 Å². The van der Waals surface area contributed by atoms with Crippen LogP contribution in [0.25, 0.3) is 28.7 Å². The molecule has 0 bridgehead atoms. The summed E-state index contributed by atoms with van der Waals surface area (Å²) < 4.78 is 0. The minimum absolute atomic E-state index is 0.926. The van der Waals surface area contributed by atoms with Gasteiger partial charge in [-0.3, -0.25) is 0 Å². The average Bonchev–Trinajstić information content (AvgIpc) is 3.01. The van der Waals surface area contributed by atoms with Crippen LogP contribution in [0.3, 0.4) is 0 Å². The summed E-state index contributed by atoms with van der Waals surface area (Å²) in [5.74, 6) is 0. The second kappa shape index (κ2) is 15.1. The lowest BCUT2D eigenvalue weighted by atomic mass is 9.94. The fourth-order valence-corrected chi connectivity index (χ4v) is 5.38. The minimum atomic E-state index is 0.926. The monoisotopic (exact) mass is 566 g/mol. The number of benzene rings is 4. The molecule has 0 radical (unpaired) electrons. The van der Waals surface area contributed by atoms with Crippen molar-refractivity contribution in [3.63, 3.8) is 0 Å². The summed E-state index contributed by atoms with van der Waals surface area (Å²) in [5.41, 5.74) is 13.3. The van der Waals surface area contributed by atoms with Crippen LogP contribution in [0.15, 0.2) is 104 Å². The van der Waals surface area contributed by atoms with E-state index in [0.29, 0.717) is 0 Å². The quantitative estimate of drug-likeness (QED) is 0.157. The zero-order valence-corrected chi connectivity index (χ0v) is 26.4. The van der Waals surface area contributed by atoms with Crippen molar-refractivity contribution in [3.05, 3.63) is 131 Å². The molecule has 0 aliphatic carbocycles. The third-order valence-corrected chi connectivity index (χ3v) is 7.77. The number of unbranched alkanes of at least 4 members (excludes halogenated alkanes) is 2. The number of allylic oxidation sites excluding steroid dienone is 5. The topological polar surface area (TPSA) is 24.1 Å². The first-order chi connectivity index (χ1) is 20.9. The molecule has 0 aliphatic rings. The van der Waals surface area contributed by atoms with E-state index in [1.54, 1.807) is 0 Å². The zero-order chi connectivity index (χ0) is 30.8. The maximum Gasteiger partial charge on any atom is 0.0478 e. The summed E-state index contributed by atoms with van der Waals surface area (Å²) in [5, 5.41) is 11.3. The third-order valence-electron chi connectivity index (χ3n) is 7.77. The van der Waals surface area contributed by atoms with Gasteiger partial charge in [0.15, 0.2) is 0 Å². The summed E-state index contributed by atoms with van der Waals surface area (Å²) in [4.78, 5) is 0. The second-order valence-corrected chi connectivity index (χ2v) is 11.5. The predicted octanol–water partition coefficient (Wildman–Crippen LogP) is 10.5. The van der Waals surface area contributed by atoms with Gasteiger partial charge in [-0.05, 0) is 109 Å². The van der Waals surface area contributed by atoms with Gasteiger partial charge in [-0.2, -0.15) is 0 Å². The fourth-order valence-electron chi connectivity index (χ4n) is 5.38. The van der Waals surface area contributed by atoms with Crippen LogP contribution in [0.4, 0.5) is 22.7 Å². The number of hydrogen-bond donors (Lipinski definition) is 2. The van der Waals surface area contributed by atoms with Gasteiger partial charge in [-0.25, -0.2) is 0 Å². The molecule has 0 saturated carbocycles. The molecule has 2 nitrogen and oxygen atoms in total. The van der Waals surface area contributed by atoms with E-state index in [1.807, 2.05) is 6.08 Å². The Morgan fingerprint density at radius 2 is 1.26 bits per heavy atom. The molecular weight excluding hydrogens is 520 g/mol. The van der Waals surface area contributed by atoms with Crippen LogP contribution >= 0.6 is 0 Å². The molecular formula is C41H46N2. The molecule has 4 aromatic carbocycles. The fraction of sp³-hybridized carbons (Fsp3) is 0.244. The van der Waals surface area contributed by atoms with Crippen molar-refractivity contribution >= 4 is 51.4 Å². The van der Waals surface area contributed by atoms with Crippen molar-refractivity contribution in [2.75, 3.05) is 10.6 Å². The summed E-state index contributed by atoms with van der Waals surface area (Å²) in [7, 11) is 0. The van der Waals surface area contributed by atoms with Gasteiger partial charge in [-0.1, -0.05) is 94.5 Å². The van der Waals surface area contributed by atoms with E-state index in [-0.39, 0.29) is 0 Å². The third kappa shape index (κ3) is 7.86. The van der Waals surface area contributed by atoms with Crippen LogP contribution < -0.4 is 21.1 Å². The van der Waals surface area contributed by atoms with Crippen LogP contribution in [0, 0.1) is 0 Å². The number of fused-ring (bicyclic) bond motifs is 1. The number of nitrogens with one attached hydrogen (secondary N) is 2. The first kappa shape index (κ1) is 31.4. The number of anilines is 4. The minimum Gasteiger partial charge on any atom is -0.355 e. The van der Waals surface area contributed by atoms with Crippen LogP contribution in [-0.2, 0) is 12.8 Å². The van der Waals surface area contributed by atoms with Gasteiger partial charge in [0.25, 0.3) is 0 Å². The van der Waals surface area contributed by atoms with Crippen LogP contribution in [-0.4, -0.2) is 0 Å². The summed E-state index contributed by atoms with van der Waals surface area (Å²) in [6.45, 7) is 21.5. The largest absolute Gasteiger partial charge is 0.355 e. The van der Waals surface area contributed by atoms with Crippen molar-refractivity contribution in [2.45, 2.75) is 66.2 Å². The lowest BCUT2D eigenvalue weighted by Crippen LogP contribution is -2.18. The van der Waals surface area contributed by atoms with Crippen molar-refractivity contribution in [2.24, 2.45) is 0 Å². The van der Waals surface area contributed by atoms with Crippen LogP contribution in [0.5, 0.6) is 0 Å². The van der Waals surface area contributed by atoms with E-state index < -0.39 is 0 Å². The lowest BCUT2D eigenvalue weighted by molar-refractivity contribution is 0.795. The Bertz CT molecular complexity index is 1760. The van der Waals surface area contributed by atoms with E-state index in [1.165, 1.54) is 42.4 Å². The number of aryl methyl sites for hydroxylation is 2. The van der Waals surface area contributed by atoms with Gasteiger partial charge in [0.05, 0.1) is 0 Å². The molecule has 0 unspecified atom stereocenters. The predicted molar refractivity (Wildman–Crippen MR) is 192 cm³/mol. The highest BCUT2D eigenvalue weighted by Crippen LogP contribution is 2.31. The lowest BCUT2D eigenvalue weighted by Gasteiger charge is -2.18. The molecule has 43 heavy (non-hydrogen) atoms. The number of rotatable bonds is 13. The molecule has 220 valence electrons. The molecule has 0 atom stereocenters. The Kier molecular flexibility index (Phi) is 11.0. The number of hydrogen-bond acceptors (Lipinski definition) is 2. The molecule has 4 rings (SSSR count). The highest BCUT2D eigenvalue weighted by Gasteiger charge is 2.14. The molecule has 0 heterocycles. The normalized spacial score (nSPS) is 11.2. The van der Waals surface area contributed by atoms with Gasteiger partial charge in [0, 0.05) is 38.7 Å². The Balaban J connectivity index is 1.89. The highest BCUT2D eigenvalue weighted by molar-refractivity contribution is 6.06. The summed E-state index contributed by atoms with van der Waals surface area (Å²) >= 11 is 0. The van der Waals surface area contributed by atoms with Gasteiger partial charge < -0.3 is 10.6 Å². The van der Waals surface area contributed by atoms with Gasteiger partial charge in [0.1, 0.15) is 0 Å². The second-order valence-electron chi connectivity index (χ2n) is 11.5. The van der Waals surface area contributed by atoms with Crippen molar-refractivity contribution < 1.29 is 0 Å². The summed E-state index contributed by atoms with van der Waals surface area (Å²) in [6, 6.07) is 24.0. The maximum absolute atomic E-state index is 4.54. The molecule has 0 fully saturated rings. The maximum atomic E-state index is 4.54. The Labute approximate surface area is 258 Å². The highest BCUT2D eigenvalue weighted by atomic mass is 14.9. The average molecular weight is 567 g/mol. The van der Waals surface area contributed by atoms with Gasteiger partial charge in [-0.15, -0.1) is 5.73 Å². The van der Waals surface area contributed by atoms with Crippen molar-refractivity contribution in [1.82, 2.24) is 0 Å². The molecule has 2 N–H and O–H groups in total. The molecule has 4 aromatic rings. The first-order valence-electron chi connectivity index (χ1n) is 15.6. The summed E-state index contributed by atoms with van der Waals surface area (Å²) in [6.07, 6.45) is 13.1. The van der Waals surface area contributed by atoms with E-state index in [0.717, 1.165) is 67.9 Å². The smallest absolute Gasteiger partial charge is 0.0478 e. The zero-order valence-electron chi connectivity index (χ0n) is 26.4. The van der Waals surface area contributed by atoms with E-state index in [9.17, 15) is 0 Å². The van der Waals surface area contributed by atoms with E-state index in [2.05, 4.69) is 143 Å². The standard InChI is InChI=1S/C41H46N2/c1-8-12-14-31-17-22-34(23-18-31)42-38-26-27-39(43-35-24-19-32(20-25-35)15-13-9-2)41-36(11-4)37(28-30(7)40(38)41)33(10-3)21-16-29(5)6/h10,16-28,42-43H,3-4,7-9,12-15H2,1-2,5-6H3/b33-21-. The van der Waals surface area contributed by atoms with Crippen LogP contribution in [0.1, 0.15) is 70.1 Å². The SMILES string of the molecule is C=C=c1c(/C(C=C)=C\C=C(C)C)cc(=C)c2c(Nc3ccc(CCCC)cc3)ccc(Nc3ccc(CCCC)cc3)c12. The van der Waals surface area contributed by atoms with Gasteiger partial charge in [0.2, 0.25) is 0 Å². The van der Waals surface area contributed by atoms with Crippen LogP contribution in [0.2, 0.25) is 0 Å². The first-order valence-corrected chi connectivity index (χ1v) is 15.6. The van der Waals surface area contributed by atoms with Gasteiger partial charge >= 0.3 is 0 Å².